The van der Waals surface area contributed by atoms with Crippen molar-refractivity contribution >= 4 is 28.3 Å². The van der Waals surface area contributed by atoms with Crippen LogP contribution in [0.3, 0.4) is 0 Å². The smallest absolute Gasteiger partial charge is 0.228 e. The molecule has 3 heterocycles. The SMILES string of the molecule is CNc1ncc(C#Cc2ccc(OC)cn2)c2cc(NC(=O)[C@H]3C[C@H]3C)ncc12. The number of hydrogen-bond donors (Lipinski definition) is 2. The molecule has 3 aromatic heterocycles. The molecule has 0 bridgehead atoms. The Bertz CT molecular complexity index is 1130. The summed E-state index contributed by atoms with van der Waals surface area (Å²) in [5, 5.41) is 7.67. The molecule has 2 atom stereocenters. The minimum atomic E-state index is 0.0160. The molecule has 0 radical (unpaired) electrons. The average molecular weight is 387 g/mol. The summed E-state index contributed by atoms with van der Waals surface area (Å²) in [7, 11) is 3.40. The molecule has 3 aromatic rings. The largest absolute Gasteiger partial charge is 0.495 e. The fourth-order valence-electron chi connectivity index (χ4n) is 3.11. The number of fused-ring (bicyclic) bond motifs is 1. The first-order valence-electron chi connectivity index (χ1n) is 9.38. The number of rotatable bonds is 4. The summed E-state index contributed by atoms with van der Waals surface area (Å²) in [6, 6.07) is 5.45. The molecule has 1 fully saturated rings. The highest BCUT2D eigenvalue weighted by molar-refractivity contribution is 5.99. The highest BCUT2D eigenvalue weighted by atomic mass is 16.5. The first-order chi connectivity index (χ1) is 14.1. The third-order valence-electron chi connectivity index (χ3n) is 5.00. The topological polar surface area (TPSA) is 89.0 Å². The zero-order valence-corrected chi connectivity index (χ0v) is 16.5. The molecule has 7 nitrogen and oxygen atoms in total. The lowest BCUT2D eigenvalue weighted by Gasteiger charge is -2.09. The maximum atomic E-state index is 12.3. The highest BCUT2D eigenvalue weighted by Crippen LogP contribution is 2.38. The van der Waals surface area contributed by atoms with E-state index in [0.29, 0.717) is 29.0 Å². The van der Waals surface area contributed by atoms with Gasteiger partial charge >= 0.3 is 0 Å². The van der Waals surface area contributed by atoms with Gasteiger partial charge in [-0.3, -0.25) is 4.79 Å². The van der Waals surface area contributed by atoms with E-state index in [4.69, 9.17) is 4.74 Å². The fraction of sp³-hybridized carbons (Fsp3) is 0.273. The molecule has 146 valence electrons. The van der Waals surface area contributed by atoms with Gasteiger partial charge in [-0.2, -0.15) is 0 Å². The van der Waals surface area contributed by atoms with E-state index < -0.39 is 0 Å². The lowest BCUT2D eigenvalue weighted by Crippen LogP contribution is -2.15. The predicted molar refractivity (Wildman–Crippen MR) is 112 cm³/mol. The van der Waals surface area contributed by atoms with Crippen LogP contribution < -0.4 is 15.4 Å². The van der Waals surface area contributed by atoms with Crippen LogP contribution in [0, 0.1) is 23.7 Å². The van der Waals surface area contributed by atoms with Crippen LogP contribution in [0.1, 0.15) is 24.6 Å². The zero-order valence-electron chi connectivity index (χ0n) is 16.5. The monoisotopic (exact) mass is 387 g/mol. The fourth-order valence-corrected chi connectivity index (χ4v) is 3.11. The van der Waals surface area contributed by atoms with Crippen molar-refractivity contribution < 1.29 is 9.53 Å². The second kappa shape index (κ2) is 7.76. The molecule has 29 heavy (non-hydrogen) atoms. The standard InChI is InChI=1S/C22H21N5O2/c1-13-8-17(13)22(28)27-20-9-18-14(10-26-21(23-2)19(18)12-25-20)4-5-15-6-7-16(29-3)11-24-15/h6-7,9-13,17H,8H2,1-3H3,(H,23,26)(H,25,27,28)/t13-,17+/m1/s1. The van der Waals surface area contributed by atoms with Crippen molar-refractivity contribution in [3.05, 3.63) is 48.0 Å². The van der Waals surface area contributed by atoms with Crippen LogP contribution in [-0.2, 0) is 4.79 Å². The van der Waals surface area contributed by atoms with Crippen molar-refractivity contribution in [2.45, 2.75) is 13.3 Å². The van der Waals surface area contributed by atoms with Crippen molar-refractivity contribution in [3.63, 3.8) is 0 Å². The quantitative estimate of drug-likeness (QED) is 0.669. The molecule has 0 aromatic carbocycles. The summed E-state index contributed by atoms with van der Waals surface area (Å²) in [4.78, 5) is 25.3. The minimum Gasteiger partial charge on any atom is -0.495 e. The number of ether oxygens (including phenoxy) is 1. The Morgan fingerprint density at radius 2 is 1.97 bits per heavy atom. The number of anilines is 2. The number of nitrogens with zero attached hydrogens (tertiary/aromatic N) is 3. The van der Waals surface area contributed by atoms with Crippen molar-refractivity contribution in [3.8, 4) is 17.6 Å². The van der Waals surface area contributed by atoms with Gasteiger partial charge in [0.1, 0.15) is 23.1 Å². The number of methoxy groups -OCH3 is 1. The maximum absolute atomic E-state index is 12.3. The Balaban J connectivity index is 1.69. The molecule has 1 saturated carbocycles. The molecule has 0 aliphatic heterocycles. The Morgan fingerprint density at radius 1 is 1.14 bits per heavy atom. The van der Waals surface area contributed by atoms with Gasteiger partial charge in [-0.25, -0.2) is 15.0 Å². The van der Waals surface area contributed by atoms with Crippen molar-refractivity contribution in [2.24, 2.45) is 11.8 Å². The molecule has 1 amide bonds. The molecule has 7 heteroatoms. The first kappa shape index (κ1) is 18.7. The summed E-state index contributed by atoms with van der Waals surface area (Å²) < 4.78 is 5.12. The van der Waals surface area contributed by atoms with E-state index in [0.717, 1.165) is 22.8 Å². The van der Waals surface area contributed by atoms with Gasteiger partial charge in [-0.1, -0.05) is 12.8 Å². The third-order valence-corrected chi connectivity index (χ3v) is 5.00. The van der Waals surface area contributed by atoms with Crippen molar-refractivity contribution in [1.82, 2.24) is 15.0 Å². The van der Waals surface area contributed by atoms with Crippen molar-refractivity contribution in [2.75, 3.05) is 24.8 Å². The van der Waals surface area contributed by atoms with Crippen molar-refractivity contribution in [1.29, 1.82) is 0 Å². The number of nitrogens with one attached hydrogen (secondary N) is 2. The molecular formula is C22H21N5O2. The minimum absolute atomic E-state index is 0.0160. The molecule has 2 N–H and O–H groups in total. The Morgan fingerprint density at radius 3 is 2.62 bits per heavy atom. The average Bonchev–Trinajstić information content (AvgIpc) is 3.49. The van der Waals surface area contributed by atoms with Gasteiger partial charge in [0.25, 0.3) is 0 Å². The molecule has 0 spiro atoms. The summed E-state index contributed by atoms with van der Waals surface area (Å²) in [6.45, 7) is 2.07. The van der Waals surface area contributed by atoms with E-state index in [1.54, 1.807) is 38.8 Å². The lowest BCUT2D eigenvalue weighted by molar-refractivity contribution is -0.117. The van der Waals surface area contributed by atoms with Gasteiger partial charge in [0.05, 0.1) is 18.9 Å². The molecule has 4 rings (SSSR count). The second-order valence-electron chi connectivity index (χ2n) is 7.03. The van der Waals surface area contributed by atoms with Gasteiger partial charge in [0.2, 0.25) is 5.91 Å². The Kier molecular flexibility index (Phi) is 5.00. The van der Waals surface area contributed by atoms with Crippen LogP contribution in [-0.4, -0.2) is 35.0 Å². The van der Waals surface area contributed by atoms with E-state index in [2.05, 4.69) is 44.4 Å². The van der Waals surface area contributed by atoms with E-state index >= 15 is 0 Å². The van der Waals surface area contributed by atoms with Crippen LogP contribution in [0.15, 0.2) is 36.8 Å². The van der Waals surface area contributed by atoms with E-state index in [-0.39, 0.29) is 11.8 Å². The van der Waals surface area contributed by atoms with Gasteiger partial charge in [0, 0.05) is 36.1 Å². The van der Waals surface area contributed by atoms with Crippen LogP contribution >= 0.6 is 0 Å². The predicted octanol–water partition coefficient (Wildman–Crippen LogP) is 3.07. The third kappa shape index (κ3) is 3.97. The van der Waals surface area contributed by atoms with E-state index in [9.17, 15) is 4.79 Å². The van der Waals surface area contributed by atoms with Gasteiger partial charge in [0.15, 0.2) is 0 Å². The highest BCUT2D eigenvalue weighted by Gasteiger charge is 2.39. The summed E-state index contributed by atoms with van der Waals surface area (Å²) in [6.07, 6.45) is 5.97. The van der Waals surface area contributed by atoms with E-state index in [1.165, 1.54) is 0 Å². The Labute approximate surface area is 168 Å². The molecule has 0 unspecified atom stereocenters. The van der Waals surface area contributed by atoms with Gasteiger partial charge in [-0.05, 0) is 36.5 Å². The zero-order chi connectivity index (χ0) is 20.4. The summed E-state index contributed by atoms with van der Waals surface area (Å²) >= 11 is 0. The van der Waals surface area contributed by atoms with Crippen LogP contribution in [0.4, 0.5) is 11.6 Å². The summed E-state index contributed by atoms with van der Waals surface area (Å²) in [5.41, 5.74) is 1.36. The number of pyridine rings is 3. The van der Waals surface area contributed by atoms with Crippen LogP contribution in [0.5, 0.6) is 5.75 Å². The van der Waals surface area contributed by atoms with E-state index in [1.807, 2.05) is 12.1 Å². The maximum Gasteiger partial charge on any atom is 0.228 e. The number of amides is 1. The Hall–Kier alpha value is -3.66. The number of carbonyl (C=O) groups is 1. The molecule has 0 saturated heterocycles. The number of carbonyl (C=O) groups excluding carboxylic acids is 1. The second-order valence-corrected chi connectivity index (χ2v) is 7.03. The summed E-state index contributed by atoms with van der Waals surface area (Å²) in [5.74, 6) is 8.61. The van der Waals surface area contributed by atoms with Crippen LogP contribution in [0.25, 0.3) is 10.8 Å². The number of aromatic nitrogens is 3. The molecular weight excluding hydrogens is 366 g/mol. The molecule has 1 aliphatic carbocycles. The van der Waals surface area contributed by atoms with Gasteiger partial charge < -0.3 is 15.4 Å². The van der Waals surface area contributed by atoms with Gasteiger partial charge in [-0.15, -0.1) is 0 Å². The first-order valence-corrected chi connectivity index (χ1v) is 9.38. The lowest BCUT2D eigenvalue weighted by atomic mass is 10.1. The number of hydrogen-bond acceptors (Lipinski definition) is 6. The normalized spacial score (nSPS) is 17.2. The molecule has 1 aliphatic rings. The van der Waals surface area contributed by atoms with Crippen LogP contribution in [0.2, 0.25) is 0 Å².